The number of hydrogen-bond donors (Lipinski definition) is 0. The first-order chi connectivity index (χ1) is 17.1. The van der Waals surface area contributed by atoms with Crippen LogP contribution >= 0.6 is 11.3 Å². The number of rotatable bonds is 12. The number of anilines is 1. The van der Waals surface area contributed by atoms with E-state index in [9.17, 15) is 0 Å². The minimum Gasteiger partial charge on any atom is -0.496 e. The third kappa shape index (κ3) is 5.37. The topological polar surface area (TPSA) is 66.7 Å². The Balaban J connectivity index is 1.82. The second-order valence-electron chi connectivity index (χ2n) is 8.73. The molecule has 3 aromatic rings. The van der Waals surface area contributed by atoms with Gasteiger partial charge < -0.3 is 28.6 Å². The molecule has 0 bridgehead atoms. The molecule has 2 aromatic heterocycles. The molecule has 1 saturated heterocycles. The molecular formula is C26H37N3O5S. The smallest absolute Gasteiger partial charge is 0.258 e. The fourth-order valence-electron chi connectivity index (χ4n) is 4.75. The third-order valence-electron chi connectivity index (χ3n) is 6.34. The van der Waals surface area contributed by atoms with Gasteiger partial charge in [0.05, 0.1) is 38.7 Å². The van der Waals surface area contributed by atoms with E-state index in [-0.39, 0.29) is 0 Å². The zero-order valence-corrected chi connectivity index (χ0v) is 22.3. The van der Waals surface area contributed by atoms with Crippen LogP contribution in [-0.4, -0.2) is 63.9 Å². The molecule has 3 heterocycles. The Morgan fingerprint density at radius 2 is 1.83 bits per heavy atom. The largest absolute Gasteiger partial charge is 0.496 e. The van der Waals surface area contributed by atoms with Gasteiger partial charge in [0, 0.05) is 38.8 Å². The molecule has 0 radical (unpaired) electrons. The first kappa shape index (κ1) is 25.6. The number of ether oxygens (including phenoxy) is 5. The van der Waals surface area contributed by atoms with Crippen molar-refractivity contribution in [1.82, 2.24) is 9.61 Å². The highest BCUT2D eigenvalue weighted by Crippen LogP contribution is 2.45. The van der Waals surface area contributed by atoms with Crippen molar-refractivity contribution >= 4 is 21.9 Å². The summed E-state index contributed by atoms with van der Waals surface area (Å²) in [4.78, 5) is 3.52. The Labute approximate surface area is 211 Å². The number of nitrogens with zero attached hydrogens (tertiary/aromatic N) is 3. The highest BCUT2D eigenvalue weighted by Gasteiger charge is 2.28. The highest BCUT2D eigenvalue weighted by molar-refractivity contribution is 7.16. The van der Waals surface area contributed by atoms with E-state index in [0.29, 0.717) is 25.0 Å². The average molecular weight is 504 g/mol. The summed E-state index contributed by atoms with van der Waals surface area (Å²) in [7, 11) is 5.03. The van der Waals surface area contributed by atoms with E-state index in [1.807, 2.05) is 23.6 Å². The fourth-order valence-corrected chi connectivity index (χ4v) is 5.76. The molecule has 192 valence electrons. The van der Waals surface area contributed by atoms with E-state index in [0.717, 1.165) is 84.4 Å². The second kappa shape index (κ2) is 12.0. The third-order valence-corrected chi connectivity index (χ3v) is 7.27. The number of benzene rings is 1. The number of hydrogen-bond acceptors (Lipinski definition) is 8. The molecule has 0 amide bonds. The summed E-state index contributed by atoms with van der Waals surface area (Å²) >= 11 is 1.67. The molecule has 1 aliphatic rings. The molecule has 4 rings (SSSR count). The maximum atomic E-state index is 6.08. The average Bonchev–Trinajstić information content (AvgIpc) is 3.43. The van der Waals surface area contributed by atoms with E-state index in [4.69, 9.17) is 28.8 Å². The van der Waals surface area contributed by atoms with Crippen LogP contribution < -0.4 is 19.1 Å². The first-order valence-corrected chi connectivity index (χ1v) is 13.2. The maximum Gasteiger partial charge on any atom is 0.258 e. The summed E-state index contributed by atoms with van der Waals surface area (Å²) in [6.07, 6.45) is 3.23. The van der Waals surface area contributed by atoms with Gasteiger partial charge in [-0.05, 0) is 49.8 Å². The lowest BCUT2D eigenvalue weighted by molar-refractivity contribution is 0.0682. The molecule has 0 aliphatic carbocycles. The molecule has 0 saturated carbocycles. The van der Waals surface area contributed by atoms with Gasteiger partial charge in [0.25, 0.3) is 5.88 Å². The normalized spacial score (nSPS) is 14.4. The van der Waals surface area contributed by atoms with Crippen LogP contribution in [0.4, 0.5) is 5.69 Å². The predicted octanol–water partition coefficient (Wildman–Crippen LogP) is 5.27. The monoisotopic (exact) mass is 503 g/mol. The zero-order chi connectivity index (χ0) is 24.8. The van der Waals surface area contributed by atoms with Gasteiger partial charge in [-0.3, -0.25) is 0 Å². The van der Waals surface area contributed by atoms with E-state index in [2.05, 4.69) is 17.2 Å². The standard InChI is InChI=1S/C26H37N3O5S/c1-6-10-28(15-18-8-11-33-12-9-18)24-25(34-7-2)27-29-20(17-35-26(24)29)23-21(31-4)13-19(16-30-3)14-22(23)32-5/h13-14,17-18H,6-12,15-16H2,1-5H3. The predicted molar refractivity (Wildman–Crippen MR) is 140 cm³/mol. The van der Waals surface area contributed by atoms with Crippen molar-refractivity contribution in [2.24, 2.45) is 5.92 Å². The quantitative estimate of drug-likeness (QED) is 0.334. The summed E-state index contributed by atoms with van der Waals surface area (Å²) < 4.78 is 30.6. The summed E-state index contributed by atoms with van der Waals surface area (Å²) in [5.74, 6) is 2.72. The fraction of sp³-hybridized carbons (Fsp3) is 0.577. The van der Waals surface area contributed by atoms with E-state index in [1.165, 1.54) is 0 Å². The molecule has 1 aromatic carbocycles. The lowest BCUT2D eigenvalue weighted by Gasteiger charge is -2.30. The summed E-state index contributed by atoms with van der Waals surface area (Å²) in [6, 6.07) is 3.99. The Hall–Kier alpha value is -2.49. The molecule has 0 unspecified atom stereocenters. The van der Waals surface area contributed by atoms with Crippen LogP contribution in [0.15, 0.2) is 17.5 Å². The van der Waals surface area contributed by atoms with Gasteiger partial charge in [-0.1, -0.05) is 6.92 Å². The Morgan fingerprint density at radius 3 is 2.43 bits per heavy atom. The number of fused-ring (bicyclic) bond motifs is 1. The molecule has 0 spiro atoms. The molecule has 9 heteroatoms. The van der Waals surface area contributed by atoms with Crippen molar-refractivity contribution < 1.29 is 23.7 Å². The van der Waals surface area contributed by atoms with E-state index >= 15 is 0 Å². The van der Waals surface area contributed by atoms with Gasteiger partial charge >= 0.3 is 0 Å². The number of aromatic nitrogens is 2. The molecule has 8 nitrogen and oxygen atoms in total. The van der Waals surface area contributed by atoms with Gasteiger partial charge in [0.1, 0.15) is 22.0 Å². The van der Waals surface area contributed by atoms with Crippen molar-refractivity contribution in [3.05, 3.63) is 23.1 Å². The van der Waals surface area contributed by atoms with Crippen molar-refractivity contribution in [1.29, 1.82) is 0 Å². The maximum absolute atomic E-state index is 6.08. The number of methoxy groups -OCH3 is 3. The lowest BCUT2D eigenvalue weighted by Crippen LogP contribution is -2.33. The summed E-state index contributed by atoms with van der Waals surface area (Å²) in [5.41, 5.74) is 3.84. The Kier molecular flexibility index (Phi) is 8.75. The van der Waals surface area contributed by atoms with Crippen molar-refractivity contribution in [2.75, 3.05) is 59.1 Å². The summed E-state index contributed by atoms with van der Waals surface area (Å²) in [6.45, 7) is 8.86. The van der Waals surface area contributed by atoms with Crippen LogP contribution in [0.2, 0.25) is 0 Å². The molecule has 1 fully saturated rings. The van der Waals surface area contributed by atoms with Crippen molar-refractivity contribution in [2.45, 2.75) is 39.7 Å². The molecular weight excluding hydrogens is 466 g/mol. The van der Waals surface area contributed by atoms with Crippen LogP contribution in [0, 0.1) is 5.92 Å². The minimum absolute atomic E-state index is 0.477. The van der Waals surface area contributed by atoms with Crippen LogP contribution in [0.25, 0.3) is 16.1 Å². The van der Waals surface area contributed by atoms with E-state index in [1.54, 1.807) is 32.7 Å². The lowest BCUT2D eigenvalue weighted by atomic mass is 9.99. The molecule has 1 aliphatic heterocycles. The van der Waals surface area contributed by atoms with E-state index < -0.39 is 0 Å². The second-order valence-corrected chi connectivity index (χ2v) is 9.59. The van der Waals surface area contributed by atoms with Crippen molar-refractivity contribution in [3.8, 4) is 28.6 Å². The zero-order valence-electron chi connectivity index (χ0n) is 21.5. The summed E-state index contributed by atoms with van der Waals surface area (Å²) in [5, 5.41) is 7.07. The van der Waals surface area contributed by atoms with Gasteiger partial charge in [-0.15, -0.1) is 16.4 Å². The van der Waals surface area contributed by atoms with Gasteiger partial charge in [-0.2, -0.15) is 0 Å². The van der Waals surface area contributed by atoms with Gasteiger partial charge in [-0.25, -0.2) is 4.52 Å². The highest BCUT2D eigenvalue weighted by atomic mass is 32.1. The van der Waals surface area contributed by atoms with Crippen LogP contribution in [-0.2, 0) is 16.1 Å². The SMILES string of the molecule is CCCN(CC1CCOCC1)c1c(OCC)nn2c(-c3c(OC)cc(COC)cc3OC)csc12. The van der Waals surface area contributed by atoms with Crippen LogP contribution in [0.3, 0.4) is 0 Å². The van der Waals surface area contributed by atoms with Gasteiger partial charge in [0.2, 0.25) is 0 Å². The Morgan fingerprint density at radius 1 is 1.11 bits per heavy atom. The van der Waals surface area contributed by atoms with Crippen LogP contribution in [0.5, 0.6) is 17.4 Å². The molecule has 0 N–H and O–H groups in total. The van der Waals surface area contributed by atoms with Crippen molar-refractivity contribution in [3.63, 3.8) is 0 Å². The van der Waals surface area contributed by atoms with Crippen LogP contribution in [0.1, 0.15) is 38.7 Å². The minimum atomic E-state index is 0.477. The first-order valence-electron chi connectivity index (χ1n) is 12.3. The number of thiazole rings is 1. The van der Waals surface area contributed by atoms with Gasteiger partial charge in [0.15, 0.2) is 0 Å². The molecule has 35 heavy (non-hydrogen) atoms. The molecule has 0 atom stereocenters. The Bertz CT molecular complexity index is 1080.